The second kappa shape index (κ2) is 7.88. The number of nitrogens with one attached hydrogen (secondary N) is 1. The molecule has 1 N–H and O–H groups in total. The van der Waals surface area contributed by atoms with E-state index in [2.05, 4.69) is 4.72 Å². The van der Waals surface area contributed by atoms with E-state index in [0.717, 1.165) is 30.2 Å². The first-order chi connectivity index (χ1) is 13.8. The van der Waals surface area contributed by atoms with E-state index in [1.807, 2.05) is 36.4 Å². The van der Waals surface area contributed by atoms with Crippen molar-refractivity contribution >= 4 is 15.9 Å². The minimum Gasteiger partial charge on any atom is -0.341 e. The Hall–Kier alpha value is -2.25. The molecule has 29 heavy (non-hydrogen) atoms. The largest absolute Gasteiger partial charge is 0.341 e. The summed E-state index contributed by atoms with van der Waals surface area (Å²) < 4.78 is 40.4. The predicted octanol–water partition coefficient (Wildman–Crippen LogP) is 3.14. The van der Waals surface area contributed by atoms with E-state index in [9.17, 15) is 17.6 Å². The summed E-state index contributed by atoms with van der Waals surface area (Å²) in [6, 6.07) is 14.5. The highest BCUT2D eigenvalue weighted by atomic mass is 32.2. The van der Waals surface area contributed by atoms with Crippen molar-refractivity contribution in [1.82, 2.24) is 9.62 Å². The predicted molar refractivity (Wildman–Crippen MR) is 110 cm³/mol. The van der Waals surface area contributed by atoms with Gasteiger partial charge in [-0.25, -0.2) is 17.5 Å². The zero-order valence-electron chi connectivity index (χ0n) is 16.3. The highest BCUT2D eigenvalue weighted by Crippen LogP contribution is 2.52. The van der Waals surface area contributed by atoms with Crippen molar-refractivity contribution in [3.8, 4) is 11.1 Å². The van der Waals surface area contributed by atoms with Crippen LogP contribution in [0.15, 0.2) is 48.5 Å². The monoisotopic (exact) mass is 416 g/mol. The van der Waals surface area contributed by atoms with E-state index < -0.39 is 10.0 Å². The molecule has 0 spiro atoms. The number of amides is 1. The van der Waals surface area contributed by atoms with Gasteiger partial charge in [0.1, 0.15) is 5.82 Å². The molecule has 2 aromatic carbocycles. The first kappa shape index (κ1) is 20.0. The minimum atomic E-state index is -3.31. The lowest BCUT2D eigenvalue weighted by molar-refractivity contribution is -0.133. The average molecular weight is 417 g/mol. The molecule has 1 aliphatic carbocycles. The number of sulfonamides is 1. The number of hydrogen-bond acceptors (Lipinski definition) is 3. The van der Waals surface area contributed by atoms with Crippen molar-refractivity contribution in [2.75, 3.05) is 19.3 Å². The zero-order valence-corrected chi connectivity index (χ0v) is 17.2. The summed E-state index contributed by atoms with van der Waals surface area (Å²) >= 11 is 0. The summed E-state index contributed by atoms with van der Waals surface area (Å²) in [5.41, 5.74) is 2.39. The number of nitrogens with zero attached hydrogens (tertiary/aromatic N) is 1. The highest BCUT2D eigenvalue weighted by molar-refractivity contribution is 7.88. The van der Waals surface area contributed by atoms with Crippen molar-refractivity contribution in [3.63, 3.8) is 0 Å². The third kappa shape index (κ3) is 4.51. The Morgan fingerprint density at radius 3 is 2.62 bits per heavy atom. The number of benzene rings is 2. The standard InChI is InChI=1S/C22H25FN2O3S/c1-29(27,28)24-16-9-6-12-25(14-16)22(26)19-13-18(19)21-17(10-5-11-20(21)23)15-7-3-2-4-8-15/h2-5,7-8,10-11,16,18-19,24H,6,9,12-14H2,1H3. The van der Waals surface area contributed by atoms with Gasteiger partial charge in [0, 0.05) is 25.0 Å². The van der Waals surface area contributed by atoms with Gasteiger partial charge in [0.25, 0.3) is 0 Å². The third-order valence-corrected chi connectivity index (χ3v) is 6.49. The van der Waals surface area contributed by atoms with Crippen LogP contribution in [0.2, 0.25) is 0 Å². The quantitative estimate of drug-likeness (QED) is 0.814. The summed E-state index contributed by atoms with van der Waals surface area (Å²) in [6.07, 6.45) is 3.23. The number of carbonyl (C=O) groups excluding carboxylic acids is 1. The second-order valence-corrected chi connectivity index (χ2v) is 9.81. The Bertz CT molecular complexity index is 1010. The van der Waals surface area contributed by atoms with Crippen molar-refractivity contribution < 1.29 is 17.6 Å². The van der Waals surface area contributed by atoms with Gasteiger partial charge in [-0.05, 0) is 47.9 Å². The van der Waals surface area contributed by atoms with Crippen LogP contribution in [0.25, 0.3) is 11.1 Å². The Morgan fingerprint density at radius 1 is 1.14 bits per heavy atom. The molecule has 3 atom stereocenters. The molecule has 2 fully saturated rings. The molecule has 1 saturated heterocycles. The van der Waals surface area contributed by atoms with Crippen molar-refractivity contribution in [2.45, 2.75) is 31.2 Å². The molecular weight excluding hydrogens is 391 g/mol. The SMILES string of the molecule is CS(=O)(=O)NC1CCCN(C(=O)C2CC2c2c(F)cccc2-c2ccccc2)C1. The molecule has 0 radical (unpaired) electrons. The van der Waals surface area contributed by atoms with E-state index in [1.165, 1.54) is 6.07 Å². The minimum absolute atomic E-state index is 0.00253. The average Bonchev–Trinajstić information content (AvgIpc) is 3.47. The van der Waals surface area contributed by atoms with Crippen LogP contribution < -0.4 is 4.72 Å². The molecule has 3 unspecified atom stereocenters. The Kier molecular flexibility index (Phi) is 5.44. The van der Waals surface area contributed by atoms with Gasteiger partial charge in [0.2, 0.25) is 15.9 Å². The first-order valence-electron chi connectivity index (χ1n) is 9.93. The van der Waals surface area contributed by atoms with E-state index in [4.69, 9.17) is 0 Å². The molecule has 4 rings (SSSR count). The molecule has 154 valence electrons. The molecule has 1 amide bonds. The number of halogens is 1. The zero-order chi connectivity index (χ0) is 20.6. The van der Waals surface area contributed by atoms with Crippen molar-refractivity contribution in [3.05, 3.63) is 59.9 Å². The fourth-order valence-corrected chi connectivity index (χ4v) is 5.18. The maximum atomic E-state index is 14.8. The number of carbonyl (C=O) groups is 1. The fraction of sp³-hybridized carbons (Fsp3) is 0.409. The maximum absolute atomic E-state index is 14.8. The Labute approximate surface area is 171 Å². The molecule has 0 aromatic heterocycles. The molecule has 1 saturated carbocycles. The van der Waals surface area contributed by atoms with Gasteiger partial charge in [-0.3, -0.25) is 4.79 Å². The van der Waals surface area contributed by atoms with Gasteiger partial charge in [-0.15, -0.1) is 0 Å². The lowest BCUT2D eigenvalue weighted by Gasteiger charge is -2.33. The van der Waals surface area contributed by atoms with Gasteiger partial charge in [-0.1, -0.05) is 42.5 Å². The summed E-state index contributed by atoms with van der Waals surface area (Å²) in [4.78, 5) is 14.8. The van der Waals surface area contributed by atoms with E-state index in [-0.39, 0.29) is 29.6 Å². The van der Waals surface area contributed by atoms with Gasteiger partial charge in [0.05, 0.1) is 6.26 Å². The lowest BCUT2D eigenvalue weighted by atomic mass is 9.95. The van der Waals surface area contributed by atoms with Crippen LogP contribution in [-0.4, -0.2) is 44.6 Å². The Morgan fingerprint density at radius 2 is 1.90 bits per heavy atom. The van der Waals surface area contributed by atoms with Gasteiger partial charge in [-0.2, -0.15) is 0 Å². The summed E-state index contributed by atoms with van der Waals surface area (Å²) in [5.74, 6) is -0.660. The number of rotatable bonds is 5. The van der Waals surface area contributed by atoms with Gasteiger partial charge < -0.3 is 4.90 Å². The highest BCUT2D eigenvalue weighted by Gasteiger charge is 2.48. The Balaban J connectivity index is 1.51. The van der Waals surface area contributed by atoms with Crippen molar-refractivity contribution in [2.24, 2.45) is 5.92 Å². The van der Waals surface area contributed by atoms with Crippen LogP contribution in [0.3, 0.4) is 0 Å². The number of hydrogen-bond donors (Lipinski definition) is 1. The molecule has 1 heterocycles. The van der Waals surface area contributed by atoms with Crippen LogP contribution in [-0.2, 0) is 14.8 Å². The molecule has 7 heteroatoms. The number of likely N-dealkylation sites (tertiary alicyclic amines) is 1. The van der Waals surface area contributed by atoms with E-state index in [1.54, 1.807) is 11.0 Å². The smallest absolute Gasteiger partial charge is 0.226 e. The maximum Gasteiger partial charge on any atom is 0.226 e. The molecule has 0 bridgehead atoms. The second-order valence-electron chi connectivity index (χ2n) is 8.03. The first-order valence-corrected chi connectivity index (χ1v) is 11.8. The van der Waals surface area contributed by atoms with Crippen LogP contribution in [0.4, 0.5) is 4.39 Å². The lowest BCUT2D eigenvalue weighted by Crippen LogP contribution is -2.49. The molecule has 2 aliphatic rings. The molecular formula is C22H25FN2O3S. The van der Waals surface area contributed by atoms with Crippen LogP contribution in [0, 0.1) is 11.7 Å². The molecule has 1 aliphatic heterocycles. The van der Waals surface area contributed by atoms with Gasteiger partial charge in [0.15, 0.2) is 0 Å². The molecule has 2 aromatic rings. The van der Waals surface area contributed by atoms with Gasteiger partial charge >= 0.3 is 0 Å². The van der Waals surface area contributed by atoms with Crippen LogP contribution in [0.1, 0.15) is 30.7 Å². The normalized spacial score (nSPS) is 24.3. The van der Waals surface area contributed by atoms with E-state index in [0.29, 0.717) is 25.1 Å². The van der Waals surface area contributed by atoms with Crippen LogP contribution >= 0.6 is 0 Å². The third-order valence-electron chi connectivity index (χ3n) is 5.73. The fourth-order valence-electron chi connectivity index (χ4n) is 4.38. The van der Waals surface area contributed by atoms with Crippen LogP contribution in [0.5, 0.6) is 0 Å². The number of piperidine rings is 1. The summed E-state index contributed by atoms with van der Waals surface area (Å²) in [7, 11) is -3.31. The van der Waals surface area contributed by atoms with E-state index >= 15 is 0 Å². The summed E-state index contributed by atoms with van der Waals surface area (Å²) in [6.45, 7) is 0.991. The topological polar surface area (TPSA) is 66.5 Å². The summed E-state index contributed by atoms with van der Waals surface area (Å²) in [5, 5.41) is 0. The van der Waals surface area contributed by atoms with Crippen molar-refractivity contribution in [1.29, 1.82) is 0 Å². The molecule has 5 nitrogen and oxygen atoms in total.